The minimum Gasteiger partial charge on any atom is -0.381 e. The maximum Gasteiger partial charge on any atom is 0.254 e. The molecule has 1 aromatic carbocycles. The number of H-pyrrole nitrogens is 1. The van der Waals surface area contributed by atoms with E-state index < -0.39 is 0 Å². The Morgan fingerprint density at radius 3 is 2.96 bits per heavy atom. The molecule has 0 bridgehead atoms. The highest BCUT2D eigenvalue weighted by atomic mass is 16.5. The van der Waals surface area contributed by atoms with Crippen LogP contribution in [0.2, 0.25) is 0 Å². The van der Waals surface area contributed by atoms with Crippen molar-refractivity contribution in [3.05, 3.63) is 41.7 Å². The normalized spacial score (nSPS) is 16.8. The number of para-hydroxylation sites is 1. The number of fused-ring (bicyclic) bond motifs is 1. The highest BCUT2D eigenvalue weighted by Gasteiger charge is 2.31. The Hall–Kier alpha value is -2.74. The smallest absolute Gasteiger partial charge is 0.254 e. The van der Waals surface area contributed by atoms with Crippen LogP contribution in [0, 0.1) is 12.8 Å². The van der Waals surface area contributed by atoms with Gasteiger partial charge in [-0.1, -0.05) is 17.3 Å². The maximum atomic E-state index is 12.9. The average molecular weight is 341 g/mol. The van der Waals surface area contributed by atoms with E-state index in [1.54, 1.807) is 19.2 Å². The first-order chi connectivity index (χ1) is 12.2. The first-order valence-corrected chi connectivity index (χ1v) is 8.33. The summed E-state index contributed by atoms with van der Waals surface area (Å²) in [5.74, 6) is 0.993. The van der Waals surface area contributed by atoms with Crippen molar-refractivity contribution in [2.24, 2.45) is 5.92 Å². The van der Waals surface area contributed by atoms with Crippen LogP contribution in [0.4, 0.5) is 0 Å². The average Bonchev–Trinajstić information content (AvgIpc) is 3.28. The van der Waals surface area contributed by atoms with Gasteiger partial charge < -0.3 is 14.6 Å². The SMILES string of the molecule is Cc1noc(C(NC(=O)c2cccc3cn[nH]c23)C2CCOCC2)n1. The van der Waals surface area contributed by atoms with Crippen LogP contribution in [0.25, 0.3) is 10.9 Å². The van der Waals surface area contributed by atoms with Crippen LogP contribution in [0.3, 0.4) is 0 Å². The Bertz CT molecular complexity index is 881. The highest BCUT2D eigenvalue weighted by molar-refractivity contribution is 6.05. The summed E-state index contributed by atoms with van der Waals surface area (Å²) < 4.78 is 10.8. The molecule has 8 nitrogen and oxygen atoms in total. The summed E-state index contributed by atoms with van der Waals surface area (Å²) in [5, 5.41) is 14.7. The Kier molecular flexibility index (Phi) is 4.19. The fraction of sp³-hybridized carbons (Fsp3) is 0.412. The molecule has 1 aliphatic rings. The third-order valence-corrected chi connectivity index (χ3v) is 4.55. The molecule has 2 N–H and O–H groups in total. The van der Waals surface area contributed by atoms with E-state index in [9.17, 15) is 4.79 Å². The highest BCUT2D eigenvalue weighted by Crippen LogP contribution is 2.30. The lowest BCUT2D eigenvalue weighted by Crippen LogP contribution is -2.36. The van der Waals surface area contributed by atoms with Crippen LogP contribution in [0.1, 0.15) is 41.0 Å². The third-order valence-electron chi connectivity index (χ3n) is 4.55. The standard InChI is InChI=1S/C17H19N5O3/c1-10-19-17(25-22-10)15(11-5-7-24-8-6-11)20-16(23)13-4-2-3-12-9-18-21-14(12)13/h2-4,9,11,15H,5-8H2,1H3,(H,18,21)(H,20,23). The minimum atomic E-state index is -0.337. The molecule has 1 amide bonds. The molecule has 8 heteroatoms. The summed E-state index contributed by atoms with van der Waals surface area (Å²) in [4.78, 5) is 17.2. The Morgan fingerprint density at radius 1 is 1.36 bits per heavy atom. The molecule has 3 heterocycles. The van der Waals surface area contributed by atoms with Crippen molar-refractivity contribution in [3.8, 4) is 0 Å². The number of rotatable bonds is 4. The number of amides is 1. The minimum absolute atomic E-state index is 0.192. The van der Waals surface area contributed by atoms with Gasteiger partial charge in [-0.2, -0.15) is 10.1 Å². The number of hydrogen-bond acceptors (Lipinski definition) is 6. The van der Waals surface area contributed by atoms with Gasteiger partial charge in [0.15, 0.2) is 5.82 Å². The van der Waals surface area contributed by atoms with Gasteiger partial charge in [0, 0.05) is 18.6 Å². The van der Waals surface area contributed by atoms with Crippen molar-refractivity contribution in [2.45, 2.75) is 25.8 Å². The van der Waals surface area contributed by atoms with Crippen LogP contribution in [0.15, 0.2) is 28.9 Å². The number of aromatic nitrogens is 4. The molecule has 1 aliphatic heterocycles. The molecule has 3 aromatic rings. The first kappa shape index (κ1) is 15.8. The largest absolute Gasteiger partial charge is 0.381 e. The van der Waals surface area contributed by atoms with Crippen LogP contribution >= 0.6 is 0 Å². The molecule has 0 spiro atoms. The molecule has 4 rings (SSSR count). The number of aryl methyl sites for hydroxylation is 1. The summed E-state index contributed by atoms with van der Waals surface area (Å²) in [7, 11) is 0. The van der Waals surface area contributed by atoms with E-state index in [0.29, 0.717) is 36.0 Å². The van der Waals surface area contributed by atoms with Gasteiger partial charge in [-0.25, -0.2) is 0 Å². The molecule has 2 aromatic heterocycles. The topological polar surface area (TPSA) is 106 Å². The van der Waals surface area contributed by atoms with Gasteiger partial charge in [0.05, 0.1) is 17.3 Å². The quantitative estimate of drug-likeness (QED) is 0.753. The van der Waals surface area contributed by atoms with Crippen LogP contribution < -0.4 is 5.32 Å². The number of carbonyl (C=O) groups excluding carboxylic acids is 1. The molecule has 130 valence electrons. The van der Waals surface area contributed by atoms with E-state index in [-0.39, 0.29) is 17.9 Å². The summed E-state index contributed by atoms with van der Waals surface area (Å²) in [6.45, 7) is 3.10. The van der Waals surface area contributed by atoms with Gasteiger partial charge in [0.1, 0.15) is 6.04 Å². The van der Waals surface area contributed by atoms with Gasteiger partial charge in [0.25, 0.3) is 5.91 Å². The molecule has 1 saturated heterocycles. The van der Waals surface area contributed by atoms with Crippen molar-refractivity contribution < 1.29 is 14.1 Å². The first-order valence-electron chi connectivity index (χ1n) is 8.33. The lowest BCUT2D eigenvalue weighted by Gasteiger charge is -2.28. The number of hydrogen-bond donors (Lipinski definition) is 2. The third kappa shape index (κ3) is 3.12. The lowest BCUT2D eigenvalue weighted by atomic mass is 9.91. The Morgan fingerprint density at radius 2 is 2.20 bits per heavy atom. The zero-order valence-electron chi connectivity index (χ0n) is 13.9. The van der Waals surface area contributed by atoms with Gasteiger partial charge in [-0.15, -0.1) is 0 Å². The number of nitrogens with zero attached hydrogens (tertiary/aromatic N) is 3. The predicted octanol–water partition coefficient (Wildman–Crippen LogP) is 2.15. The van der Waals surface area contributed by atoms with Crippen LogP contribution in [0.5, 0.6) is 0 Å². The maximum absolute atomic E-state index is 12.9. The fourth-order valence-electron chi connectivity index (χ4n) is 3.25. The van der Waals surface area contributed by atoms with Crippen molar-refractivity contribution in [1.82, 2.24) is 25.7 Å². The molecule has 1 unspecified atom stereocenters. The monoisotopic (exact) mass is 341 g/mol. The number of benzene rings is 1. The van der Waals surface area contributed by atoms with Gasteiger partial charge in [-0.05, 0) is 31.7 Å². The molecule has 25 heavy (non-hydrogen) atoms. The number of nitrogens with one attached hydrogen (secondary N) is 2. The molecular formula is C17H19N5O3. The van der Waals surface area contributed by atoms with Gasteiger partial charge in [0.2, 0.25) is 5.89 Å². The van der Waals surface area contributed by atoms with Gasteiger partial charge in [-0.3, -0.25) is 9.89 Å². The Balaban J connectivity index is 1.63. The number of carbonyl (C=O) groups is 1. The second-order valence-electron chi connectivity index (χ2n) is 6.22. The summed E-state index contributed by atoms with van der Waals surface area (Å²) in [6, 6.07) is 5.19. The molecule has 0 radical (unpaired) electrons. The second-order valence-corrected chi connectivity index (χ2v) is 6.22. The van der Waals surface area contributed by atoms with E-state index in [4.69, 9.17) is 9.26 Å². The fourth-order valence-corrected chi connectivity index (χ4v) is 3.25. The molecular weight excluding hydrogens is 322 g/mol. The Labute approximate surface area is 143 Å². The predicted molar refractivity (Wildman–Crippen MR) is 88.9 cm³/mol. The second kappa shape index (κ2) is 6.64. The van der Waals surface area contributed by atoms with Crippen molar-refractivity contribution >= 4 is 16.8 Å². The zero-order valence-corrected chi connectivity index (χ0v) is 13.9. The molecule has 1 atom stereocenters. The summed E-state index contributed by atoms with van der Waals surface area (Å²) >= 11 is 0. The zero-order chi connectivity index (χ0) is 17.2. The van der Waals surface area contributed by atoms with Crippen molar-refractivity contribution in [2.75, 3.05) is 13.2 Å². The van der Waals surface area contributed by atoms with E-state index in [0.717, 1.165) is 18.2 Å². The van der Waals surface area contributed by atoms with Crippen LogP contribution in [-0.2, 0) is 4.74 Å². The van der Waals surface area contributed by atoms with E-state index in [1.165, 1.54) is 0 Å². The van der Waals surface area contributed by atoms with Crippen LogP contribution in [-0.4, -0.2) is 39.5 Å². The van der Waals surface area contributed by atoms with E-state index in [2.05, 4.69) is 25.7 Å². The lowest BCUT2D eigenvalue weighted by molar-refractivity contribution is 0.0468. The molecule has 1 fully saturated rings. The number of aromatic amines is 1. The molecule has 0 aliphatic carbocycles. The van der Waals surface area contributed by atoms with Crippen molar-refractivity contribution in [3.63, 3.8) is 0 Å². The summed E-state index contributed by atoms with van der Waals surface area (Å²) in [5.41, 5.74) is 1.26. The van der Waals surface area contributed by atoms with E-state index >= 15 is 0 Å². The molecule has 0 saturated carbocycles. The van der Waals surface area contributed by atoms with E-state index in [1.807, 2.05) is 12.1 Å². The van der Waals surface area contributed by atoms with Crippen molar-refractivity contribution in [1.29, 1.82) is 0 Å². The number of ether oxygens (including phenoxy) is 1. The summed E-state index contributed by atoms with van der Waals surface area (Å²) in [6.07, 6.45) is 3.37. The van der Waals surface area contributed by atoms with Gasteiger partial charge >= 0.3 is 0 Å².